The Bertz CT molecular complexity index is 523. The number of ether oxygens (including phenoxy) is 1. The summed E-state index contributed by atoms with van der Waals surface area (Å²) < 4.78 is 6.47. The third-order valence-electron chi connectivity index (χ3n) is 2.93. The molecule has 2 rings (SSSR count). The van der Waals surface area contributed by atoms with Crippen molar-refractivity contribution in [3.63, 3.8) is 0 Å². The lowest BCUT2D eigenvalue weighted by Gasteiger charge is -2.31. The Hall–Kier alpha value is -2.31. The number of aryl methyl sites for hydroxylation is 1. The highest BCUT2D eigenvalue weighted by Crippen LogP contribution is 2.29. The first-order valence-electron chi connectivity index (χ1n) is 5.84. The van der Waals surface area contributed by atoms with Crippen molar-refractivity contribution in [1.29, 1.82) is 0 Å². The second-order valence-electron chi connectivity index (χ2n) is 4.25. The van der Waals surface area contributed by atoms with Gasteiger partial charge in [-0.25, -0.2) is 9.59 Å². The molecule has 0 aromatic carbocycles. The van der Waals surface area contributed by atoms with Crippen LogP contribution in [0.1, 0.15) is 17.3 Å². The van der Waals surface area contributed by atoms with Gasteiger partial charge in [-0.05, 0) is 0 Å². The van der Waals surface area contributed by atoms with Crippen LogP contribution < -0.4 is 0 Å². The Balaban J connectivity index is 2.29. The Morgan fingerprint density at radius 2 is 2.42 bits per heavy atom. The van der Waals surface area contributed by atoms with Crippen LogP contribution in [0.4, 0.5) is 4.79 Å². The molecule has 0 saturated carbocycles. The van der Waals surface area contributed by atoms with Crippen molar-refractivity contribution in [2.75, 3.05) is 13.2 Å². The van der Waals surface area contributed by atoms with Gasteiger partial charge < -0.3 is 9.84 Å². The molecule has 7 heteroatoms. The normalized spacial score (nSPS) is 17.7. The minimum atomic E-state index is -1.09. The molecular formula is C12H15N3O4. The number of carbonyl (C=O) groups is 2. The van der Waals surface area contributed by atoms with E-state index in [4.69, 9.17) is 4.74 Å². The minimum Gasteiger partial charge on any atom is -0.479 e. The molecule has 0 fully saturated rings. The van der Waals surface area contributed by atoms with Crippen LogP contribution in [0.15, 0.2) is 18.9 Å². The number of carbonyl (C=O) groups excluding carboxylic acids is 1. The molecule has 1 aliphatic heterocycles. The Labute approximate surface area is 110 Å². The van der Waals surface area contributed by atoms with Crippen LogP contribution in [0, 0.1) is 0 Å². The number of carboxylic acids is 1. The van der Waals surface area contributed by atoms with E-state index in [1.807, 2.05) is 0 Å². The van der Waals surface area contributed by atoms with Gasteiger partial charge in [-0.2, -0.15) is 5.10 Å². The summed E-state index contributed by atoms with van der Waals surface area (Å²) in [7, 11) is 1.72. The molecule has 7 nitrogen and oxygen atoms in total. The van der Waals surface area contributed by atoms with E-state index in [1.54, 1.807) is 17.9 Å². The molecule has 1 atom stereocenters. The van der Waals surface area contributed by atoms with Crippen molar-refractivity contribution in [2.45, 2.75) is 12.5 Å². The van der Waals surface area contributed by atoms with E-state index in [0.717, 1.165) is 0 Å². The zero-order chi connectivity index (χ0) is 14.0. The first-order chi connectivity index (χ1) is 9.04. The standard InChI is InChI=1S/C12H15N3O4/c1-3-6-19-12(18)15-5-4-9-8(7-14(2)13-9)10(15)11(16)17/h3,7,10H,1,4-6H2,2H3,(H,16,17). The van der Waals surface area contributed by atoms with Gasteiger partial charge in [0.25, 0.3) is 0 Å². The number of aromatic nitrogens is 2. The first kappa shape index (κ1) is 13.1. The van der Waals surface area contributed by atoms with Gasteiger partial charge in [-0.15, -0.1) is 0 Å². The average Bonchev–Trinajstić information content (AvgIpc) is 2.74. The van der Waals surface area contributed by atoms with Gasteiger partial charge in [0.2, 0.25) is 0 Å². The molecule has 1 aromatic heterocycles. The molecule has 1 aromatic rings. The summed E-state index contributed by atoms with van der Waals surface area (Å²) in [6, 6.07) is -1.05. The van der Waals surface area contributed by atoms with Gasteiger partial charge in [-0.1, -0.05) is 12.7 Å². The van der Waals surface area contributed by atoms with E-state index in [1.165, 1.54) is 11.0 Å². The second-order valence-corrected chi connectivity index (χ2v) is 4.25. The first-order valence-corrected chi connectivity index (χ1v) is 5.84. The molecule has 2 heterocycles. The molecule has 0 bridgehead atoms. The summed E-state index contributed by atoms with van der Waals surface area (Å²) in [5.41, 5.74) is 1.25. The summed E-state index contributed by atoms with van der Waals surface area (Å²) in [6.45, 7) is 3.78. The van der Waals surface area contributed by atoms with E-state index in [9.17, 15) is 14.7 Å². The molecule has 1 amide bonds. The topological polar surface area (TPSA) is 84.7 Å². The summed E-state index contributed by atoms with van der Waals surface area (Å²) in [5, 5.41) is 13.5. The molecule has 0 spiro atoms. The predicted molar refractivity (Wildman–Crippen MR) is 65.5 cm³/mol. The molecule has 1 unspecified atom stereocenters. The highest BCUT2D eigenvalue weighted by atomic mass is 16.6. The number of amides is 1. The smallest absolute Gasteiger partial charge is 0.411 e. The second kappa shape index (κ2) is 5.13. The summed E-state index contributed by atoms with van der Waals surface area (Å²) >= 11 is 0. The van der Waals surface area contributed by atoms with Gasteiger partial charge in [-0.3, -0.25) is 9.58 Å². The average molecular weight is 265 g/mol. The van der Waals surface area contributed by atoms with Crippen LogP contribution in [0.25, 0.3) is 0 Å². The van der Waals surface area contributed by atoms with Crippen LogP contribution in [0.2, 0.25) is 0 Å². The third-order valence-corrected chi connectivity index (χ3v) is 2.93. The Morgan fingerprint density at radius 1 is 1.68 bits per heavy atom. The highest BCUT2D eigenvalue weighted by molar-refractivity contribution is 5.82. The largest absolute Gasteiger partial charge is 0.479 e. The zero-order valence-electron chi connectivity index (χ0n) is 10.6. The maximum absolute atomic E-state index is 11.9. The highest BCUT2D eigenvalue weighted by Gasteiger charge is 2.38. The molecule has 0 aliphatic carbocycles. The van der Waals surface area contributed by atoms with E-state index in [2.05, 4.69) is 11.7 Å². The summed E-state index contributed by atoms with van der Waals surface area (Å²) in [4.78, 5) is 24.5. The van der Waals surface area contributed by atoms with Crippen molar-refractivity contribution in [3.8, 4) is 0 Å². The number of aliphatic carboxylic acids is 1. The number of hydrogen-bond acceptors (Lipinski definition) is 4. The van der Waals surface area contributed by atoms with E-state index >= 15 is 0 Å². The van der Waals surface area contributed by atoms with Crippen molar-refractivity contribution >= 4 is 12.1 Å². The minimum absolute atomic E-state index is 0.0571. The van der Waals surface area contributed by atoms with E-state index in [0.29, 0.717) is 17.7 Å². The van der Waals surface area contributed by atoms with Crippen LogP contribution in [0.5, 0.6) is 0 Å². The zero-order valence-corrected chi connectivity index (χ0v) is 10.6. The van der Waals surface area contributed by atoms with E-state index < -0.39 is 18.1 Å². The van der Waals surface area contributed by atoms with Crippen molar-refractivity contribution in [3.05, 3.63) is 30.1 Å². The number of rotatable bonds is 3. The van der Waals surface area contributed by atoms with Gasteiger partial charge in [0.15, 0.2) is 6.04 Å². The fraction of sp³-hybridized carbons (Fsp3) is 0.417. The van der Waals surface area contributed by atoms with Crippen LogP contribution in [-0.2, 0) is 23.0 Å². The number of carboxylic acid groups (broad SMARTS) is 1. The quantitative estimate of drug-likeness (QED) is 0.814. The summed E-state index contributed by atoms with van der Waals surface area (Å²) in [5.74, 6) is -1.09. The number of nitrogens with zero attached hydrogens (tertiary/aromatic N) is 3. The fourth-order valence-electron chi connectivity index (χ4n) is 2.18. The van der Waals surface area contributed by atoms with Crippen molar-refractivity contribution in [2.24, 2.45) is 7.05 Å². The van der Waals surface area contributed by atoms with Gasteiger partial charge in [0.05, 0.1) is 5.69 Å². The third kappa shape index (κ3) is 2.44. The van der Waals surface area contributed by atoms with Crippen molar-refractivity contribution < 1.29 is 19.4 Å². The Kier molecular flexibility index (Phi) is 3.55. The molecular weight excluding hydrogens is 250 g/mol. The Morgan fingerprint density at radius 3 is 3.05 bits per heavy atom. The lowest BCUT2D eigenvalue weighted by Crippen LogP contribution is -2.43. The van der Waals surface area contributed by atoms with Gasteiger partial charge >= 0.3 is 12.1 Å². The lowest BCUT2D eigenvalue weighted by molar-refractivity contribution is -0.143. The lowest BCUT2D eigenvalue weighted by atomic mass is 10.00. The molecule has 0 radical (unpaired) electrons. The van der Waals surface area contributed by atoms with E-state index in [-0.39, 0.29) is 13.2 Å². The molecule has 102 valence electrons. The van der Waals surface area contributed by atoms with Crippen LogP contribution >= 0.6 is 0 Å². The molecule has 1 aliphatic rings. The maximum atomic E-state index is 11.9. The van der Waals surface area contributed by atoms with Gasteiger partial charge in [0, 0.05) is 31.8 Å². The molecule has 0 saturated heterocycles. The molecule has 19 heavy (non-hydrogen) atoms. The molecule has 1 N–H and O–H groups in total. The van der Waals surface area contributed by atoms with Crippen molar-refractivity contribution in [1.82, 2.24) is 14.7 Å². The maximum Gasteiger partial charge on any atom is 0.411 e. The SMILES string of the molecule is C=CCOC(=O)N1CCc2nn(C)cc2C1C(=O)O. The summed E-state index contributed by atoms with van der Waals surface area (Å²) in [6.07, 6.45) is 2.93. The fourth-order valence-corrected chi connectivity index (χ4v) is 2.18. The van der Waals surface area contributed by atoms with Gasteiger partial charge in [0.1, 0.15) is 6.61 Å². The van der Waals surface area contributed by atoms with Crippen LogP contribution in [0.3, 0.4) is 0 Å². The monoisotopic (exact) mass is 265 g/mol. The number of hydrogen-bond donors (Lipinski definition) is 1. The van der Waals surface area contributed by atoms with Crippen LogP contribution in [-0.4, -0.2) is 45.0 Å². The number of fused-ring (bicyclic) bond motifs is 1. The predicted octanol–water partition coefficient (Wildman–Crippen LogP) is 0.727.